The number of nitrogens with zero attached hydrogens (tertiary/aromatic N) is 5. The van der Waals surface area contributed by atoms with E-state index in [0.717, 1.165) is 5.69 Å². The minimum atomic E-state index is 0.375. The number of aromatic nitrogens is 5. The predicted molar refractivity (Wildman–Crippen MR) is 56.0 cm³/mol. The fraction of sp³-hybridized carbons (Fsp3) is 0.111. The average molecular weight is 236 g/mol. The second kappa shape index (κ2) is 3.28. The van der Waals surface area contributed by atoms with Gasteiger partial charge in [0.25, 0.3) is 0 Å². The molecule has 0 unspecified atom stereocenters. The molecule has 0 fully saturated rings. The lowest BCUT2D eigenvalue weighted by molar-refractivity contribution is 0.424. The Kier molecular flexibility index (Phi) is 1.90. The molecule has 7 heteroatoms. The Morgan fingerprint density at radius 1 is 1.31 bits per heavy atom. The van der Waals surface area contributed by atoms with Crippen molar-refractivity contribution >= 4 is 17.2 Å². The van der Waals surface area contributed by atoms with Gasteiger partial charge in [0, 0.05) is 12.1 Å². The fourth-order valence-electron chi connectivity index (χ4n) is 1.41. The van der Waals surface area contributed by atoms with Crippen LogP contribution in [0.25, 0.3) is 17.2 Å². The van der Waals surface area contributed by atoms with E-state index in [1.807, 2.05) is 6.92 Å². The SMILES string of the molecule is Cc1cc(-c2nnc3cc(Cl)ncn23)on1. The van der Waals surface area contributed by atoms with Crippen LogP contribution in [0.15, 0.2) is 23.0 Å². The fourth-order valence-corrected chi connectivity index (χ4v) is 1.55. The highest BCUT2D eigenvalue weighted by atomic mass is 35.5. The average Bonchev–Trinajstić information content (AvgIpc) is 2.83. The third-order valence-electron chi connectivity index (χ3n) is 2.12. The summed E-state index contributed by atoms with van der Waals surface area (Å²) in [5.74, 6) is 1.11. The Bertz CT molecular complexity index is 659. The van der Waals surface area contributed by atoms with Gasteiger partial charge < -0.3 is 4.52 Å². The smallest absolute Gasteiger partial charge is 0.208 e. The number of hydrogen-bond acceptors (Lipinski definition) is 5. The van der Waals surface area contributed by atoms with Gasteiger partial charge in [-0.15, -0.1) is 10.2 Å². The molecule has 3 rings (SSSR count). The van der Waals surface area contributed by atoms with Crippen LogP contribution in [0, 0.1) is 6.92 Å². The summed E-state index contributed by atoms with van der Waals surface area (Å²) in [6.07, 6.45) is 1.55. The molecule has 0 saturated carbocycles. The van der Waals surface area contributed by atoms with Crippen molar-refractivity contribution in [2.45, 2.75) is 6.92 Å². The Balaban J connectivity index is 2.25. The van der Waals surface area contributed by atoms with Crippen molar-refractivity contribution in [3.05, 3.63) is 29.3 Å². The first-order chi connectivity index (χ1) is 7.74. The van der Waals surface area contributed by atoms with Crippen molar-refractivity contribution in [1.82, 2.24) is 24.7 Å². The van der Waals surface area contributed by atoms with Crippen LogP contribution < -0.4 is 0 Å². The van der Waals surface area contributed by atoms with Gasteiger partial charge in [0.2, 0.25) is 11.6 Å². The summed E-state index contributed by atoms with van der Waals surface area (Å²) in [6.45, 7) is 1.84. The van der Waals surface area contributed by atoms with E-state index in [-0.39, 0.29) is 0 Å². The van der Waals surface area contributed by atoms with Crippen molar-refractivity contribution in [3.8, 4) is 11.6 Å². The molecule has 0 amide bonds. The molecule has 0 N–H and O–H groups in total. The molecule has 0 atom stereocenters. The predicted octanol–water partition coefficient (Wildman–Crippen LogP) is 1.74. The molecule has 16 heavy (non-hydrogen) atoms. The van der Waals surface area contributed by atoms with Gasteiger partial charge in [0.05, 0.1) is 5.69 Å². The number of fused-ring (bicyclic) bond motifs is 1. The van der Waals surface area contributed by atoms with Crippen LogP contribution in [0.3, 0.4) is 0 Å². The molecule has 0 aliphatic carbocycles. The number of hydrogen-bond donors (Lipinski definition) is 0. The summed E-state index contributed by atoms with van der Waals surface area (Å²) >= 11 is 5.75. The minimum absolute atomic E-state index is 0.375. The summed E-state index contributed by atoms with van der Waals surface area (Å²) in [5, 5.41) is 12.1. The molecule has 0 aliphatic heterocycles. The highest BCUT2D eigenvalue weighted by molar-refractivity contribution is 6.29. The lowest BCUT2D eigenvalue weighted by Crippen LogP contribution is -1.89. The van der Waals surface area contributed by atoms with Gasteiger partial charge in [0.1, 0.15) is 11.5 Å². The second-order valence-corrected chi connectivity index (χ2v) is 3.68. The second-order valence-electron chi connectivity index (χ2n) is 3.30. The van der Waals surface area contributed by atoms with Crippen LogP contribution in [-0.2, 0) is 0 Å². The molecule has 3 heterocycles. The summed E-state index contributed by atoms with van der Waals surface area (Å²) < 4.78 is 6.80. The molecule has 0 aromatic carbocycles. The lowest BCUT2D eigenvalue weighted by atomic mass is 10.4. The van der Waals surface area contributed by atoms with Gasteiger partial charge in [-0.1, -0.05) is 16.8 Å². The van der Waals surface area contributed by atoms with E-state index in [1.165, 1.54) is 0 Å². The monoisotopic (exact) mass is 235 g/mol. The maximum Gasteiger partial charge on any atom is 0.208 e. The van der Waals surface area contributed by atoms with Gasteiger partial charge in [-0.25, -0.2) is 4.98 Å². The van der Waals surface area contributed by atoms with Crippen molar-refractivity contribution < 1.29 is 4.52 Å². The molecule has 3 aromatic rings. The van der Waals surface area contributed by atoms with Crippen molar-refractivity contribution in [2.75, 3.05) is 0 Å². The summed E-state index contributed by atoms with van der Waals surface area (Å²) in [7, 11) is 0. The molecule has 0 aliphatic rings. The maximum absolute atomic E-state index is 5.75. The maximum atomic E-state index is 5.75. The number of rotatable bonds is 1. The molecular weight excluding hydrogens is 230 g/mol. The standard InChI is InChI=1S/C9H6ClN5O/c1-5-2-6(16-14-5)9-13-12-8-3-7(10)11-4-15(8)9/h2-4H,1H3. The van der Waals surface area contributed by atoms with E-state index >= 15 is 0 Å². The molecule has 0 spiro atoms. The topological polar surface area (TPSA) is 69.1 Å². The summed E-state index contributed by atoms with van der Waals surface area (Å²) in [4.78, 5) is 3.96. The zero-order chi connectivity index (χ0) is 11.1. The minimum Gasteiger partial charge on any atom is -0.353 e. The Hall–Kier alpha value is -1.95. The molecule has 80 valence electrons. The van der Waals surface area contributed by atoms with E-state index in [4.69, 9.17) is 16.1 Å². The van der Waals surface area contributed by atoms with E-state index < -0.39 is 0 Å². The van der Waals surface area contributed by atoms with E-state index in [9.17, 15) is 0 Å². The van der Waals surface area contributed by atoms with Crippen LogP contribution in [0.2, 0.25) is 5.15 Å². The van der Waals surface area contributed by atoms with Crippen molar-refractivity contribution in [2.24, 2.45) is 0 Å². The Morgan fingerprint density at radius 2 is 2.19 bits per heavy atom. The third kappa shape index (κ3) is 1.35. The lowest BCUT2D eigenvalue weighted by Gasteiger charge is -1.94. The van der Waals surface area contributed by atoms with Crippen LogP contribution >= 0.6 is 11.6 Å². The van der Waals surface area contributed by atoms with Gasteiger partial charge in [-0.2, -0.15) is 0 Å². The van der Waals surface area contributed by atoms with Gasteiger partial charge in [-0.3, -0.25) is 4.40 Å². The highest BCUT2D eigenvalue weighted by Crippen LogP contribution is 2.19. The van der Waals surface area contributed by atoms with E-state index in [2.05, 4.69) is 20.3 Å². The molecule has 0 bridgehead atoms. The first kappa shape index (κ1) is 9.29. The summed E-state index contributed by atoms with van der Waals surface area (Å²) in [6, 6.07) is 3.41. The first-order valence-corrected chi connectivity index (χ1v) is 4.92. The quantitative estimate of drug-likeness (QED) is 0.601. The summed E-state index contributed by atoms with van der Waals surface area (Å²) in [5.41, 5.74) is 1.40. The van der Waals surface area contributed by atoms with Gasteiger partial charge in [0.15, 0.2) is 5.65 Å². The molecule has 6 nitrogen and oxygen atoms in total. The molecular formula is C9H6ClN5O. The molecule has 0 saturated heterocycles. The largest absolute Gasteiger partial charge is 0.353 e. The number of halogens is 1. The Morgan fingerprint density at radius 3 is 2.94 bits per heavy atom. The molecule has 0 radical (unpaired) electrons. The van der Waals surface area contributed by atoms with Crippen LogP contribution in [0.5, 0.6) is 0 Å². The van der Waals surface area contributed by atoms with Crippen LogP contribution in [-0.4, -0.2) is 24.7 Å². The van der Waals surface area contributed by atoms with Crippen molar-refractivity contribution in [3.63, 3.8) is 0 Å². The third-order valence-corrected chi connectivity index (χ3v) is 2.32. The van der Waals surface area contributed by atoms with E-state index in [1.54, 1.807) is 22.9 Å². The number of aryl methyl sites for hydroxylation is 1. The van der Waals surface area contributed by atoms with Gasteiger partial charge >= 0.3 is 0 Å². The Labute approximate surface area is 94.9 Å². The van der Waals surface area contributed by atoms with Crippen molar-refractivity contribution in [1.29, 1.82) is 0 Å². The van der Waals surface area contributed by atoms with Gasteiger partial charge in [-0.05, 0) is 6.92 Å². The van der Waals surface area contributed by atoms with Crippen LogP contribution in [0.1, 0.15) is 5.69 Å². The molecule has 3 aromatic heterocycles. The first-order valence-electron chi connectivity index (χ1n) is 4.54. The van der Waals surface area contributed by atoms with Crippen LogP contribution in [0.4, 0.5) is 0 Å². The highest BCUT2D eigenvalue weighted by Gasteiger charge is 2.12. The van der Waals surface area contributed by atoms with E-state index in [0.29, 0.717) is 22.4 Å². The normalized spacial score (nSPS) is 11.1. The zero-order valence-electron chi connectivity index (χ0n) is 8.25. The zero-order valence-corrected chi connectivity index (χ0v) is 9.01.